The van der Waals surface area contributed by atoms with Gasteiger partial charge in [0.05, 0.1) is 37.9 Å². The maximum atomic E-state index is 12.3. The zero-order chi connectivity index (χ0) is 16.4. The molecule has 3 heterocycles. The van der Waals surface area contributed by atoms with E-state index in [1.165, 1.54) is 0 Å². The summed E-state index contributed by atoms with van der Waals surface area (Å²) in [5, 5.41) is 13.7. The summed E-state index contributed by atoms with van der Waals surface area (Å²) >= 11 is 0. The zero-order valence-electron chi connectivity index (χ0n) is 13.9. The van der Waals surface area contributed by atoms with E-state index in [0.717, 1.165) is 0 Å². The molecule has 0 aromatic heterocycles. The van der Waals surface area contributed by atoms with Crippen LogP contribution in [0.4, 0.5) is 0 Å². The molecule has 0 aromatic rings. The van der Waals surface area contributed by atoms with Gasteiger partial charge in [-0.3, -0.25) is 4.79 Å². The van der Waals surface area contributed by atoms with E-state index in [1.54, 1.807) is 0 Å². The van der Waals surface area contributed by atoms with Crippen molar-refractivity contribution in [2.24, 2.45) is 0 Å². The van der Waals surface area contributed by atoms with Crippen LogP contribution in [-0.4, -0.2) is 85.3 Å². The van der Waals surface area contributed by atoms with Gasteiger partial charge in [-0.2, -0.15) is 0 Å². The molecule has 1 amide bonds. The SMILES string of the molecule is CC(C)NCC1OC2CC(CC(=O)N3CCOCC3)OC2C1O. The van der Waals surface area contributed by atoms with Gasteiger partial charge in [0.2, 0.25) is 5.91 Å². The van der Waals surface area contributed by atoms with Gasteiger partial charge >= 0.3 is 0 Å². The van der Waals surface area contributed by atoms with Crippen LogP contribution in [0.25, 0.3) is 0 Å². The van der Waals surface area contributed by atoms with Gasteiger partial charge in [0.25, 0.3) is 0 Å². The summed E-state index contributed by atoms with van der Waals surface area (Å²) in [5.41, 5.74) is 0. The minimum Gasteiger partial charge on any atom is -0.388 e. The van der Waals surface area contributed by atoms with Crippen LogP contribution < -0.4 is 5.32 Å². The highest BCUT2D eigenvalue weighted by atomic mass is 16.6. The Labute approximate surface area is 137 Å². The summed E-state index contributed by atoms with van der Waals surface area (Å²) in [7, 11) is 0. The first-order chi connectivity index (χ1) is 11.0. The van der Waals surface area contributed by atoms with Gasteiger partial charge in [-0.05, 0) is 0 Å². The fraction of sp³-hybridized carbons (Fsp3) is 0.938. The third-order valence-corrected chi connectivity index (χ3v) is 4.77. The van der Waals surface area contributed by atoms with Crippen LogP contribution in [0.2, 0.25) is 0 Å². The molecule has 3 aliphatic heterocycles. The van der Waals surface area contributed by atoms with Crippen LogP contribution in [0.3, 0.4) is 0 Å². The molecule has 0 aliphatic carbocycles. The molecule has 5 unspecified atom stereocenters. The predicted octanol–water partition coefficient (Wildman–Crippen LogP) is -0.481. The van der Waals surface area contributed by atoms with Crippen molar-refractivity contribution in [1.82, 2.24) is 10.2 Å². The van der Waals surface area contributed by atoms with Crippen molar-refractivity contribution >= 4 is 5.91 Å². The topological polar surface area (TPSA) is 80.3 Å². The first-order valence-corrected chi connectivity index (χ1v) is 8.62. The summed E-state index contributed by atoms with van der Waals surface area (Å²) in [6.45, 7) is 7.26. The number of aliphatic hydroxyl groups excluding tert-OH is 1. The highest BCUT2D eigenvalue weighted by molar-refractivity contribution is 5.76. The van der Waals surface area contributed by atoms with Crippen molar-refractivity contribution in [2.75, 3.05) is 32.8 Å². The van der Waals surface area contributed by atoms with Gasteiger partial charge in [0.15, 0.2) is 0 Å². The number of ether oxygens (including phenoxy) is 3. The normalized spacial score (nSPS) is 37.4. The molecule has 0 bridgehead atoms. The highest BCUT2D eigenvalue weighted by Crippen LogP contribution is 2.35. The second kappa shape index (κ2) is 7.44. The van der Waals surface area contributed by atoms with Gasteiger partial charge in [0, 0.05) is 32.1 Å². The maximum absolute atomic E-state index is 12.3. The van der Waals surface area contributed by atoms with Gasteiger partial charge in [0.1, 0.15) is 12.2 Å². The van der Waals surface area contributed by atoms with E-state index in [2.05, 4.69) is 19.2 Å². The number of aliphatic hydroxyl groups is 1. The lowest BCUT2D eigenvalue weighted by Gasteiger charge is -2.28. The summed E-state index contributed by atoms with van der Waals surface area (Å²) in [5.74, 6) is 0.103. The Kier molecular flexibility index (Phi) is 5.53. The molecule has 0 aromatic carbocycles. The number of amides is 1. The maximum Gasteiger partial charge on any atom is 0.225 e. The van der Waals surface area contributed by atoms with Crippen molar-refractivity contribution in [1.29, 1.82) is 0 Å². The van der Waals surface area contributed by atoms with E-state index in [1.807, 2.05) is 4.90 Å². The Morgan fingerprint density at radius 3 is 2.70 bits per heavy atom. The largest absolute Gasteiger partial charge is 0.388 e. The Bertz CT molecular complexity index is 413. The Morgan fingerprint density at radius 1 is 1.30 bits per heavy atom. The molecule has 3 aliphatic rings. The third-order valence-electron chi connectivity index (χ3n) is 4.77. The van der Waals surface area contributed by atoms with E-state index in [-0.39, 0.29) is 30.3 Å². The highest BCUT2D eigenvalue weighted by Gasteiger charge is 2.50. The lowest BCUT2D eigenvalue weighted by Crippen LogP contribution is -2.43. The smallest absolute Gasteiger partial charge is 0.225 e. The van der Waals surface area contributed by atoms with Crippen LogP contribution in [0.1, 0.15) is 26.7 Å². The quantitative estimate of drug-likeness (QED) is 0.710. The van der Waals surface area contributed by atoms with Crippen LogP contribution >= 0.6 is 0 Å². The summed E-state index contributed by atoms with van der Waals surface area (Å²) in [4.78, 5) is 14.1. The number of nitrogens with zero attached hydrogens (tertiary/aromatic N) is 1. The number of nitrogens with one attached hydrogen (secondary N) is 1. The number of hydrogen-bond acceptors (Lipinski definition) is 6. The molecule has 23 heavy (non-hydrogen) atoms. The Hall–Kier alpha value is -0.730. The van der Waals surface area contributed by atoms with Crippen LogP contribution in [0.5, 0.6) is 0 Å². The Balaban J connectivity index is 1.46. The monoisotopic (exact) mass is 328 g/mol. The molecule has 0 radical (unpaired) electrons. The van der Waals surface area contributed by atoms with Gasteiger partial charge in [-0.25, -0.2) is 0 Å². The Morgan fingerprint density at radius 2 is 2.04 bits per heavy atom. The first-order valence-electron chi connectivity index (χ1n) is 8.62. The molecule has 0 saturated carbocycles. The average molecular weight is 328 g/mol. The number of fused-ring (bicyclic) bond motifs is 1. The number of hydrogen-bond donors (Lipinski definition) is 2. The van der Waals surface area contributed by atoms with Crippen molar-refractivity contribution in [3.63, 3.8) is 0 Å². The number of carbonyl (C=O) groups excluding carboxylic acids is 1. The minimum atomic E-state index is -0.630. The molecule has 7 heteroatoms. The molecule has 7 nitrogen and oxygen atoms in total. The number of morpholine rings is 1. The predicted molar refractivity (Wildman–Crippen MR) is 83.1 cm³/mol. The van der Waals surface area contributed by atoms with Crippen molar-refractivity contribution in [2.45, 2.75) is 63.3 Å². The molecule has 3 rings (SSSR count). The van der Waals surface area contributed by atoms with Crippen LogP contribution in [0.15, 0.2) is 0 Å². The molecule has 2 N–H and O–H groups in total. The van der Waals surface area contributed by atoms with Gasteiger partial charge in [-0.1, -0.05) is 13.8 Å². The van der Waals surface area contributed by atoms with E-state index in [9.17, 15) is 9.90 Å². The second-order valence-electron chi connectivity index (χ2n) is 6.92. The molecule has 132 valence electrons. The lowest BCUT2D eigenvalue weighted by molar-refractivity contribution is -0.138. The first kappa shape index (κ1) is 17.1. The van der Waals surface area contributed by atoms with E-state index < -0.39 is 6.10 Å². The fourth-order valence-corrected chi connectivity index (χ4v) is 3.50. The van der Waals surface area contributed by atoms with Crippen molar-refractivity contribution in [3.8, 4) is 0 Å². The van der Waals surface area contributed by atoms with Gasteiger partial charge < -0.3 is 29.5 Å². The standard InChI is InChI=1S/C16H28N2O5/c1-10(2)17-9-13-15(20)16-12(23-13)7-11(22-16)8-14(19)18-3-5-21-6-4-18/h10-13,15-17,20H,3-9H2,1-2H3. The molecular formula is C16H28N2O5. The third kappa shape index (κ3) is 4.03. The second-order valence-corrected chi connectivity index (χ2v) is 6.92. The molecular weight excluding hydrogens is 300 g/mol. The molecule has 3 saturated heterocycles. The minimum absolute atomic E-state index is 0.103. The van der Waals surface area contributed by atoms with Gasteiger partial charge in [-0.15, -0.1) is 0 Å². The average Bonchev–Trinajstić information content (AvgIpc) is 3.05. The molecule has 3 fully saturated rings. The summed E-state index contributed by atoms with van der Waals surface area (Å²) in [6, 6.07) is 0.353. The fourth-order valence-electron chi connectivity index (χ4n) is 3.50. The van der Waals surface area contributed by atoms with Crippen LogP contribution in [0, 0.1) is 0 Å². The van der Waals surface area contributed by atoms with Crippen LogP contribution in [-0.2, 0) is 19.0 Å². The zero-order valence-corrected chi connectivity index (χ0v) is 13.9. The van der Waals surface area contributed by atoms with E-state index >= 15 is 0 Å². The van der Waals surface area contributed by atoms with E-state index in [4.69, 9.17) is 14.2 Å². The van der Waals surface area contributed by atoms with Crippen molar-refractivity contribution in [3.05, 3.63) is 0 Å². The lowest BCUT2D eigenvalue weighted by atomic mass is 10.1. The van der Waals surface area contributed by atoms with Crippen molar-refractivity contribution < 1.29 is 24.1 Å². The summed E-state index contributed by atoms with van der Waals surface area (Å²) in [6.07, 6.45) is -0.400. The molecule has 5 atom stereocenters. The summed E-state index contributed by atoms with van der Waals surface area (Å²) < 4.78 is 17.1. The molecule has 0 spiro atoms. The number of rotatable bonds is 5. The van der Waals surface area contributed by atoms with E-state index in [0.29, 0.717) is 51.7 Å². The number of carbonyl (C=O) groups is 1.